The molecule has 0 radical (unpaired) electrons. The zero-order valence-corrected chi connectivity index (χ0v) is 15.7. The number of hydrogen-bond acceptors (Lipinski definition) is 7. The van der Waals surface area contributed by atoms with E-state index in [0.29, 0.717) is 10.8 Å². The van der Waals surface area contributed by atoms with Crippen molar-refractivity contribution in [2.24, 2.45) is 0 Å². The number of nitrogens with zero attached hydrogens (tertiary/aromatic N) is 2. The Morgan fingerprint density at radius 2 is 1.92 bits per heavy atom. The molecule has 0 aliphatic carbocycles. The fourth-order valence-electron chi connectivity index (χ4n) is 2.07. The minimum atomic E-state index is -3.81. The number of rotatable bonds is 5. The van der Waals surface area contributed by atoms with Crippen LogP contribution in [0.15, 0.2) is 34.5 Å². The number of hydrogen-bond donors (Lipinski definition) is 1. The predicted octanol–water partition coefficient (Wildman–Crippen LogP) is 3.69. The van der Waals surface area contributed by atoms with E-state index in [1.807, 2.05) is 31.4 Å². The average molecular weight is 382 g/mol. The van der Waals surface area contributed by atoms with Gasteiger partial charge in [-0.05, 0) is 48.6 Å². The molecule has 3 aromatic rings. The Labute approximate surface area is 148 Å². The first kappa shape index (κ1) is 16.9. The van der Waals surface area contributed by atoms with Crippen LogP contribution in [0.25, 0.3) is 9.88 Å². The molecule has 0 unspecified atom stereocenters. The third-order valence-corrected chi connectivity index (χ3v) is 6.82. The number of methoxy groups -OCH3 is 1. The standard InChI is InChI=1S/C15H15N3O3S3/c1-9-7-11(21-3)13(8-10(9)2)24(19,20)18-15-17-16-14(23-15)12-5-4-6-22-12/h4-8H,1-3H3,(H,17,18). The van der Waals surface area contributed by atoms with E-state index in [-0.39, 0.29) is 10.0 Å². The summed E-state index contributed by atoms with van der Waals surface area (Å²) in [7, 11) is -2.37. The molecule has 6 nitrogen and oxygen atoms in total. The van der Waals surface area contributed by atoms with Gasteiger partial charge in [-0.2, -0.15) is 0 Å². The Hall–Kier alpha value is -1.97. The molecular weight excluding hydrogens is 366 g/mol. The third kappa shape index (κ3) is 3.28. The fraction of sp³-hybridized carbons (Fsp3) is 0.200. The van der Waals surface area contributed by atoms with Gasteiger partial charge in [0.25, 0.3) is 10.0 Å². The van der Waals surface area contributed by atoms with E-state index in [2.05, 4.69) is 14.9 Å². The predicted molar refractivity (Wildman–Crippen MR) is 96.5 cm³/mol. The van der Waals surface area contributed by atoms with Crippen LogP contribution in [-0.4, -0.2) is 25.7 Å². The maximum atomic E-state index is 12.7. The van der Waals surface area contributed by atoms with Gasteiger partial charge in [0.15, 0.2) is 5.01 Å². The highest BCUT2D eigenvalue weighted by atomic mass is 32.2. The molecule has 1 aromatic carbocycles. The summed E-state index contributed by atoms with van der Waals surface area (Å²) in [6, 6.07) is 7.12. The first-order valence-electron chi connectivity index (χ1n) is 6.96. The van der Waals surface area contributed by atoms with Gasteiger partial charge in [0.1, 0.15) is 10.6 Å². The number of aromatic nitrogens is 2. The SMILES string of the molecule is COc1cc(C)c(C)cc1S(=O)(=O)Nc1nnc(-c2cccs2)s1. The van der Waals surface area contributed by atoms with E-state index in [9.17, 15) is 8.42 Å². The molecule has 1 N–H and O–H groups in total. The highest BCUT2D eigenvalue weighted by molar-refractivity contribution is 7.93. The second-order valence-corrected chi connectivity index (χ2v) is 8.66. The number of nitrogens with one attached hydrogen (secondary N) is 1. The summed E-state index contributed by atoms with van der Waals surface area (Å²) >= 11 is 2.71. The molecule has 2 aromatic heterocycles. The summed E-state index contributed by atoms with van der Waals surface area (Å²) in [6.45, 7) is 3.76. The Kier molecular flexibility index (Phi) is 4.57. The molecule has 126 valence electrons. The quantitative estimate of drug-likeness (QED) is 0.729. The Morgan fingerprint density at radius 1 is 1.17 bits per heavy atom. The van der Waals surface area contributed by atoms with E-state index in [1.165, 1.54) is 29.8 Å². The molecule has 0 saturated carbocycles. The molecule has 0 bridgehead atoms. The van der Waals surface area contributed by atoms with Crippen molar-refractivity contribution in [1.29, 1.82) is 0 Å². The number of sulfonamides is 1. The van der Waals surface area contributed by atoms with Crippen molar-refractivity contribution in [3.63, 3.8) is 0 Å². The van der Waals surface area contributed by atoms with E-state index < -0.39 is 10.0 Å². The van der Waals surface area contributed by atoms with E-state index in [0.717, 1.165) is 16.0 Å². The van der Waals surface area contributed by atoms with Gasteiger partial charge < -0.3 is 4.74 Å². The number of aryl methyl sites for hydroxylation is 2. The summed E-state index contributed by atoms with van der Waals surface area (Å²) in [4.78, 5) is 1.03. The molecule has 0 aliphatic rings. The van der Waals surface area contributed by atoms with Crippen LogP contribution in [0.4, 0.5) is 5.13 Å². The minimum Gasteiger partial charge on any atom is -0.495 e. The maximum Gasteiger partial charge on any atom is 0.267 e. The van der Waals surface area contributed by atoms with Crippen molar-refractivity contribution in [3.05, 3.63) is 40.8 Å². The van der Waals surface area contributed by atoms with Crippen LogP contribution in [0.5, 0.6) is 5.75 Å². The second-order valence-electron chi connectivity index (χ2n) is 5.08. The smallest absolute Gasteiger partial charge is 0.267 e. The monoisotopic (exact) mass is 381 g/mol. The van der Waals surface area contributed by atoms with Gasteiger partial charge >= 0.3 is 0 Å². The fourth-order valence-corrected chi connectivity index (χ4v) is 5.07. The molecule has 9 heteroatoms. The molecule has 24 heavy (non-hydrogen) atoms. The molecule has 0 fully saturated rings. The third-order valence-electron chi connectivity index (χ3n) is 3.45. The molecular formula is C15H15N3O3S3. The number of thiophene rings is 1. The van der Waals surface area contributed by atoms with Crippen LogP contribution in [0.1, 0.15) is 11.1 Å². The van der Waals surface area contributed by atoms with Gasteiger partial charge in [0.05, 0.1) is 12.0 Å². The van der Waals surface area contributed by atoms with Gasteiger partial charge in [-0.3, -0.25) is 4.72 Å². The normalized spacial score (nSPS) is 11.5. The van der Waals surface area contributed by atoms with Crippen LogP contribution >= 0.6 is 22.7 Å². The average Bonchev–Trinajstić information content (AvgIpc) is 3.20. The van der Waals surface area contributed by atoms with Gasteiger partial charge in [-0.1, -0.05) is 17.4 Å². The second kappa shape index (κ2) is 6.50. The zero-order chi connectivity index (χ0) is 17.3. The molecule has 0 aliphatic heterocycles. The van der Waals surface area contributed by atoms with Crippen molar-refractivity contribution in [2.75, 3.05) is 11.8 Å². The van der Waals surface area contributed by atoms with Crippen LogP contribution in [-0.2, 0) is 10.0 Å². The number of anilines is 1. The molecule has 0 spiro atoms. The van der Waals surface area contributed by atoms with Crippen molar-refractivity contribution in [1.82, 2.24) is 10.2 Å². The van der Waals surface area contributed by atoms with Gasteiger partial charge in [0.2, 0.25) is 5.13 Å². The van der Waals surface area contributed by atoms with E-state index >= 15 is 0 Å². The summed E-state index contributed by atoms with van der Waals surface area (Å²) in [5, 5.41) is 10.8. The highest BCUT2D eigenvalue weighted by Crippen LogP contribution is 2.33. The number of ether oxygens (including phenoxy) is 1. The molecule has 2 heterocycles. The van der Waals surface area contributed by atoms with Crippen molar-refractivity contribution in [2.45, 2.75) is 18.7 Å². The Morgan fingerprint density at radius 3 is 2.58 bits per heavy atom. The van der Waals surface area contributed by atoms with Crippen LogP contribution in [0.2, 0.25) is 0 Å². The zero-order valence-electron chi connectivity index (χ0n) is 13.2. The lowest BCUT2D eigenvalue weighted by molar-refractivity contribution is 0.402. The van der Waals surface area contributed by atoms with Crippen molar-refractivity contribution >= 4 is 37.8 Å². The van der Waals surface area contributed by atoms with Gasteiger partial charge in [0, 0.05) is 0 Å². The summed E-state index contributed by atoms with van der Waals surface area (Å²) in [5.41, 5.74) is 1.83. The van der Waals surface area contributed by atoms with Gasteiger partial charge in [-0.15, -0.1) is 21.5 Å². The largest absolute Gasteiger partial charge is 0.495 e. The van der Waals surface area contributed by atoms with Crippen molar-refractivity contribution < 1.29 is 13.2 Å². The van der Waals surface area contributed by atoms with Crippen LogP contribution in [0, 0.1) is 13.8 Å². The first-order valence-corrected chi connectivity index (χ1v) is 10.1. The summed E-state index contributed by atoms with van der Waals surface area (Å²) in [6.07, 6.45) is 0. The van der Waals surface area contributed by atoms with Crippen LogP contribution in [0.3, 0.4) is 0 Å². The lowest BCUT2D eigenvalue weighted by atomic mass is 10.1. The Balaban J connectivity index is 1.94. The molecule has 0 saturated heterocycles. The summed E-state index contributed by atoms with van der Waals surface area (Å²) in [5.74, 6) is 0.300. The lowest BCUT2D eigenvalue weighted by Gasteiger charge is -2.12. The van der Waals surface area contributed by atoms with E-state index in [1.54, 1.807) is 12.1 Å². The summed E-state index contributed by atoms with van der Waals surface area (Å²) < 4.78 is 33.1. The van der Waals surface area contributed by atoms with Crippen molar-refractivity contribution in [3.8, 4) is 15.6 Å². The Bertz CT molecular complexity index is 963. The first-order chi connectivity index (χ1) is 11.4. The minimum absolute atomic E-state index is 0.0842. The molecule has 0 atom stereocenters. The van der Waals surface area contributed by atoms with E-state index in [4.69, 9.17) is 4.74 Å². The lowest BCUT2D eigenvalue weighted by Crippen LogP contribution is -2.14. The van der Waals surface area contributed by atoms with Crippen LogP contribution < -0.4 is 9.46 Å². The number of benzene rings is 1. The highest BCUT2D eigenvalue weighted by Gasteiger charge is 2.22. The molecule has 3 rings (SSSR count). The van der Waals surface area contributed by atoms with Gasteiger partial charge in [-0.25, -0.2) is 8.42 Å². The maximum absolute atomic E-state index is 12.7. The topological polar surface area (TPSA) is 81.2 Å². The molecule has 0 amide bonds.